The maximum atomic E-state index is 14.4. The Kier molecular flexibility index (Phi) is 8.02. The molecule has 0 N–H and O–H groups in total. The summed E-state index contributed by atoms with van der Waals surface area (Å²) >= 11 is 6.65. The van der Waals surface area contributed by atoms with Crippen LogP contribution >= 0.6 is 32.8 Å². The molecule has 9 heteroatoms. The molecule has 0 aromatic heterocycles. The van der Waals surface area contributed by atoms with Crippen molar-refractivity contribution >= 4 is 38.1 Å². The Labute approximate surface area is 179 Å². The summed E-state index contributed by atoms with van der Waals surface area (Å²) in [5, 5.41) is 0.157. The van der Waals surface area contributed by atoms with Crippen LogP contribution in [0.25, 0.3) is 0 Å². The summed E-state index contributed by atoms with van der Waals surface area (Å²) in [6.07, 6.45) is 0. The molecule has 1 atom stereocenters. The first kappa shape index (κ1) is 24.0. The van der Waals surface area contributed by atoms with Crippen molar-refractivity contribution in [1.82, 2.24) is 4.31 Å². The van der Waals surface area contributed by atoms with Crippen LogP contribution in [-0.2, 0) is 11.3 Å². The van der Waals surface area contributed by atoms with Crippen molar-refractivity contribution in [2.75, 3.05) is 6.54 Å². The molecule has 0 saturated heterocycles. The molecular formula is C20H21ClF4NOPS. The molecule has 2 nitrogen and oxygen atoms in total. The zero-order chi connectivity index (χ0) is 21.9. The van der Waals surface area contributed by atoms with E-state index in [2.05, 4.69) is 6.58 Å². The van der Waals surface area contributed by atoms with Crippen LogP contribution in [-0.4, -0.2) is 16.5 Å². The molecule has 2 aromatic rings. The van der Waals surface area contributed by atoms with E-state index in [-0.39, 0.29) is 18.0 Å². The third-order valence-corrected chi connectivity index (χ3v) is 5.66. The fraction of sp³-hybridized carbons (Fsp3) is 0.300. The van der Waals surface area contributed by atoms with Crippen molar-refractivity contribution in [1.29, 1.82) is 0 Å². The monoisotopic (exact) mass is 465 g/mol. The van der Waals surface area contributed by atoms with Crippen LogP contribution in [0.2, 0.25) is 5.02 Å². The van der Waals surface area contributed by atoms with Crippen molar-refractivity contribution in [2.45, 2.75) is 37.8 Å². The fourth-order valence-corrected chi connectivity index (χ4v) is 4.00. The number of hydrogen-bond acceptors (Lipinski definition) is 3. The van der Waals surface area contributed by atoms with Crippen molar-refractivity contribution in [3.8, 4) is 0 Å². The highest BCUT2D eigenvalue weighted by Gasteiger charge is 2.26. The number of hydrogen-bond donors (Lipinski definition) is 0. The Bertz CT molecular complexity index is 874. The first-order valence-corrected chi connectivity index (χ1v) is 10.3. The number of rotatable bonds is 7. The Morgan fingerprint density at radius 2 is 1.62 bits per heavy atom. The fourth-order valence-electron chi connectivity index (χ4n) is 2.42. The maximum Gasteiger partial charge on any atom is 0.198 e. The minimum absolute atomic E-state index is 0.134. The molecule has 0 fully saturated rings. The van der Waals surface area contributed by atoms with Crippen LogP contribution in [0, 0.1) is 23.3 Å². The molecule has 2 aromatic carbocycles. The Hall–Kier alpha value is -1.27. The van der Waals surface area contributed by atoms with Gasteiger partial charge in [-0.15, -0.1) is 9.24 Å². The van der Waals surface area contributed by atoms with Crippen LogP contribution in [0.5, 0.6) is 0 Å². The lowest BCUT2D eigenvalue weighted by Gasteiger charge is -2.28. The molecule has 0 heterocycles. The van der Waals surface area contributed by atoms with Crippen LogP contribution < -0.4 is 5.30 Å². The highest BCUT2D eigenvalue weighted by molar-refractivity contribution is 7.97. The lowest BCUT2D eigenvalue weighted by atomic mass is 10.2. The maximum absolute atomic E-state index is 14.4. The summed E-state index contributed by atoms with van der Waals surface area (Å²) in [6, 6.07) is 6.93. The summed E-state index contributed by atoms with van der Waals surface area (Å²) in [7, 11) is 1.92. The van der Waals surface area contributed by atoms with Gasteiger partial charge in [0.2, 0.25) is 0 Å². The minimum atomic E-state index is -1.85. The molecule has 0 aliphatic carbocycles. The van der Waals surface area contributed by atoms with Crippen molar-refractivity contribution in [2.24, 2.45) is 0 Å². The van der Waals surface area contributed by atoms with E-state index < -0.39 is 34.2 Å². The third-order valence-electron chi connectivity index (χ3n) is 3.55. The van der Waals surface area contributed by atoms with E-state index in [1.54, 1.807) is 28.6 Å². The van der Waals surface area contributed by atoms with E-state index in [1.165, 1.54) is 0 Å². The molecule has 0 aliphatic heterocycles. The number of nitrogens with zero attached hydrogens (tertiary/aromatic N) is 1. The van der Waals surface area contributed by atoms with Gasteiger partial charge in [0.1, 0.15) is 11.4 Å². The summed E-state index contributed by atoms with van der Waals surface area (Å²) in [4.78, 5) is -0.371. The molecule has 29 heavy (non-hydrogen) atoms. The van der Waals surface area contributed by atoms with Crippen LogP contribution in [0.3, 0.4) is 0 Å². The zero-order valence-electron chi connectivity index (χ0n) is 16.2. The second-order valence-corrected chi connectivity index (χ2v) is 9.39. The van der Waals surface area contributed by atoms with E-state index in [9.17, 15) is 17.6 Å². The molecular weight excluding hydrogens is 445 g/mol. The van der Waals surface area contributed by atoms with Gasteiger partial charge in [0.15, 0.2) is 23.3 Å². The van der Waals surface area contributed by atoms with Crippen LogP contribution in [0.1, 0.15) is 26.3 Å². The molecule has 0 amide bonds. The second kappa shape index (κ2) is 9.69. The molecule has 158 valence electrons. The van der Waals surface area contributed by atoms with Crippen molar-refractivity contribution < 1.29 is 22.3 Å². The van der Waals surface area contributed by atoms with Gasteiger partial charge < -0.3 is 4.74 Å². The van der Waals surface area contributed by atoms with Gasteiger partial charge in [0.25, 0.3) is 0 Å². The lowest BCUT2D eigenvalue weighted by Crippen LogP contribution is -2.26. The third kappa shape index (κ3) is 6.61. The van der Waals surface area contributed by atoms with Crippen molar-refractivity contribution in [3.05, 3.63) is 70.5 Å². The van der Waals surface area contributed by atoms with E-state index in [0.717, 1.165) is 17.5 Å². The first-order chi connectivity index (χ1) is 13.4. The molecule has 1 unspecified atom stereocenters. The normalized spacial score (nSPS) is 11.8. The van der Waals surface area contributed by atoms with E-state index >= 15 is 0 Å². The van der Waals surface area contributed by atoms with E-state index in [4.69, 9.17) is 16.3 Å². The lowest BCUT2D eigenvalue weighted by molar-refractivity contribution is 0.0457. The Morgan fingerprint density at radius 3 is 2.17 bits per heavy atom. The SMILES string of the molecule is C=C(CN(Cc1ccc(Cl)cc1)Sc1c(F)c(F)c(F)c(F)c1P)OC(C)(C)C. The zero-order valence-corrected chi connectivity index (χ0v) is 18.9. The molecule has 0 spiro atoms. The highest BCUT2D eigenvalue weighted by atomic mass is 35.5. The van der Waals surface area contributed by atoms with E-state index in [1.807, 2.05) is 30.0 Å². The van der Waals surface area contributed by atoms with Gasteiger partial charge in [-0.2, -0.15) is 0 Å². The topological polar surface area (TPSA) is 12.5 Å². The summed E-state index contributed by atoms with van der Waals surface area (Å²) in [5.74, 6) is -6.23. The predicted octanol–water partition coefficient (Wildman–Crippen LogP) is 6.23. The highest BCUT2D eigenvalue weighted by Crippen LogP contribution is 2.32. The van der Waals surface area contributed by atoms with Crippen molar-refractivity contribution in [3.63, 3.8) is 0 Å². The molecule has 0 radical (unpaired) electrons. The molecule has 0 saturated carbocycles. The average Bonchev–Trinajstić information content (AvgIpc) is 2.62. The van der Waals surface area contributed by atoms with Gasteiger partial charge in [-0.05, 0) is 50.4 Å². The molecule has 0 aliphatic rings. The largest absolute Gasteiger partial charge is 0.492 e. The molecule has 0 bridgehead atoms. The smallest absolute Gasteiger partial charge is 0.198 e. The van der Waals surface area contributed by atoms with Gasteiger partial charge in [0.05, 0.1) is 11.4 Å². The summed E-state index contributed by atoms with van der Waals surface area (Å²) < 4.78 is 62.8. The second-order valence-electron chi connectivity index (χ2n) is 7.27. The van der Waals surface area contributed by atoms with Gasteiger partial charge in [-0.1, -0.05) is 30.3 Å². The van der Waals surface area contributed by atoms with E-state index in [0.29, 0.717) is 10.8 Å². The average molecular weight is 466 g/mol. The number of ether oxygens (including phenoxy) is 1. The molecule has 2 rings (SSSR count). The van der Waals surface area contributed by atoms with Gasteiger partial charge in [0, 0.05) is 16.9 Å². The number of halogens is 5. The van der Waals surface area contributed by atoms with Gasteiger partial charge in [-0.3, -0.25) is 0 Å². The predicted molar refractivity (Wildman–Crippen MR) is 113 cm³/mol. The Morgan fingerprint density at radius 1 is 1.07 bits per heavy atom. The number of benzene rings is 2. The minimum Gasteiger partial charge on any atom is -0.492 e. The van der Waals surface area contributed by atoms with Gasteiger partial charge >= 0.3 is 0 Å². The van der Waals surface area contributed by atoms with Gasteiger partial charge in [-0.25, -0.2) is 21.9 Å². The first-order valence-electron chi connectivity index (χ1n) is 8.54. The van der Waals surface area contributed by atoms with Crippen LogP contribution in [0.4, 0.5) is 17.6 Å². The van der Waals surface area contributed by atoms with Crippen LogP contribution in [0.15, 0.2) is 41.5 Å². The quantitative estimate of drug-likeness (QED) is 0.120. The Balaban J connectivity index is 2.34. The standard InChI is InChI=1S/C20H21ClF4NOPS/c1-11(27-20(2,3)4)9-26(10-12-5-7-13(21)8-6-12)29-19-17(25)15(23)14(22)16(24)18(19)28/h5-8H,1,9-10,28H2,2-4H3. The summed E-state index contributed by atoms with van der Waals surface area (Å²) in [5.41, 5.74) is 0.318. The summed E-state index contributed by atoms with van der Waals surface area (Å²) in [6.45, 7) is 9.80.